The summed E-state index contributed by atoms with van der Waals surface area (Å²) < 4.78 is 10.7. The number of Topliss-reactive ketones (excluding diaryl/α,β-unsaturated/α-hetero) is 1. The Morgan fingerprint density at radius 1 is 1.25 bits per heavy atom. The number of ketones is 1. The monoisotopic (exact) mass is 327 g/mol. The van der Waals surface area contributed by atoms with Crippen molar-refractivity contribution >= 4 is 5.78 Å². The largest absolute Gasteiger partial charge is 0.504 e. The number of allylic oxidation sites excluding steroid dienone is 1. The topological polar surface area (TPSA) is 59.0 Å². The Kier molecular flexibility index (Phi) is 2.48. The molecule has 1 aromatic rings. The lowest BCUT2D eigenvalue weighted by atomic mass is 9.60. The number of phenols is 1. The summed E-state index contributed by atoms with van der Waals surface area (Å²) in [6.45, 7) is 0.971. The van der Waals surface area contributed by atoms with E-state index in [-0.39, 0.29) is 28.3 Å². The maximum absolute atomic E-state index is 12.6. The van der Waals surface area contributed by atoms with Gasteiger partial charge in [0.2, 0.25) is 0 Å². The van der Waals surface area contributed by atoms with Gasteiger partial charge >= 0.3 is 0 Å². The molecule has 126 valence electrons. The van der Waals surface area contributed by atoms with Crippen LogP contribution in [-0.4, -0.2) is 49.6 Å². The fourth-order valence-electron chi connectivity index (χ4n) is 6.29. The molecule has 5 rings (SSSR count). The first-order valence-electron chi connectivity index (χ1n) is 8.39. The Morgan fingerprint density at radius 2 is 2.04 bits per heavy atom. The molecular formula is C19H21NO4. The van der Waals surface area contributed by atoms with Crippen molar-refractivity contribution in [1.82, 2.24) is 4.90 Å². The van der Waals surface area contributed by atoms with Crippen LogP contribution in [0, 0.1) is 5.92 Å². The lowest BCUT2D eigenvalue weighted by Gasteiger charge is -2.57. The average Bonchev–Trinajstić information content (AvgIpc) is 2.95. The first-order valence-corrected chi connectivity index (χ1v) is 8.39. The Hall–Kier alpha value is -2.01. The fourth-order valence-corrected chi connectivity index (χ4v) is 6.29. The van der Waals surface area contributed by atoms with E-state index in [0.29, 0.717) is 24.0 Å². The lowest BCUT2D eigenvalue weighted by molar-refractivity contribution is -0.121. The Morgan fingerprint density at radius 3 is 2.71 bits per heavy atom. The van der Waals surface area contributed by atoms with Gasteiger partial charge in [0.25, 0.3) is 0 Å². The third-order valence-electron chi connectivity index (χ3n) is 6.88. The molecule has 1 saturated heterocycles. The molecule has 0 aromatic heterocycles. The number of ether oxygens (including phenoxy) is 2. The summed E-state index contributed by atoms with van der Waals surface area (Å²) in [5, 5.41) is 10.9. The minimum absolute atomic E-state index is 0.0305. The van der Waals surface area contributed by atoms with Crippen LogP contribution in [0.4, 0.5) is 0 Å². The zero-order chi connectivity index (χ0) is 16.9. The number of nitrogens with zero attached hydrogens (tertiary/aromatic N) is 1. The summed E-state index contributed by atoms with van der Waals surface area (Å²) in [7, 11) is 5.27. The number of aromatic hydroxyl groups is 1. The molecule has 0 unspecified atom stereocenters. The second kappa shape index (κ2) is 4.14. The van der Waals surface area contributed by atoms with E-state index in [1.54, 1.807) is 14.2 Å². The molecule has 2 spiro atoms. The quantitative estimate of drug-likeness (QED) is 0.896. The number of methoxy groups -OCH3 is 2. The molecule has 1 saturated carbocycles. The molecular weight excluding hydrogens is 306 g/mol. The van der Waals surface area contributed by atoms with Crippen molar-refractivity contribution in [3.05, 3.63) is 35.1 Å². The summed E-state index contributed by atoms with van der Waals surface area (Å²) >= 11 is 0. The van der Waals surface area contributed by atoms with E-state index in [9.17, 15) is 9.90 Å². The van der Waals surface area contributed by atoms with Crippen LogP contribution in [0.3, 0.4) is 0 Å². The molecule has 5 nitrogen and oxygen atoms in total. The predicted molar refractivity (Wildman–Crippen MR) is 87.3 cm³/mol. The van der Waals surface area contributed by atoms with Gasteiger partial charge in [-0.25, -0.2) is 0 Å². The van der Waals surface area contributed by atoms with Crippen LogP contribution in [-0.2, 0) is 20.4 Å². The van der Waals surface area contributed by atoms with Gasteiger partial charge in [0.1, 0.15) is 0 Å². The number of carbonyl (C=O) groups is 1. The fraction of sp³-hybridized carbons (Fsp3) is 0.526. The first kappa shape index (κ1) is 14.3. The summed E-state index contributed by atoms with van der Waals surface area (Å²) in [4.78, 5) is 15.0. The summed E-state index contributed by atoms with van der Waals surface area (Å²) in [6, 6.07) is 4.32. The Bertz CT molecular complexity index is 816. The SMILES string of the molecule is COC1=C[C@H]2[C@H]3N(C)C[C@@]34C[C@]2(CC1=O)c1c4ccc(OC)c1O. The minimum atomic E-state index is -0.331. The van der Waals surface area contributed by atoms with Crippen molar-refractivity contribution in [2.24, 2.45) is 5.92 Å². The summed E-state index contributed by atoms with van der Waals surface area (Å²) in [6.07, 6.45) is 3.34. The number of hydrogen-bond acceptors (Lipinski definition) is 5. The standard InChI is InChI=1S/C19H21NO4/c1-20-9-19-8-18(15-10(19)4-5-13(23-2)16(15)22)7-12(21)14(24-3)6-11(18)17(19)20/h4-6,11,17,22H,7-9H2,1-3H3/t11-,17+,18-,19+/m0/s1. The molecule has 3 aliphatic carbocycles. The van der Waals surface area contributed by atoms with Crippen LogP contribution in [0.1, 0.15) is 24.0 Å². The molecule has 4 aliphatic rings. The zero-order valence-electron chi connectivity index (χ0n) is 14.1. The number of benzene rings is 1. The van der Waals surface area contributed by atoms with Crippen molar-refractivity contribution in [2.45, 2.75) is 29.7 Å². The van der Waals surface area contributed by atoms with Crippen LogP contribution in [0.15, 0.2) is 24.0 Å². The highest BCUT2D eigenvalue weighted by Gasteiger charge is 2.75. The van der Waals surface area contributed by atoms with Gasteiger partial charge in [0, 0.05) is 41.3 Å². The van der Waals surface area contributed by atoms with E-state index in [1.165, 1.54) is 5.56 Å². The van der Waals surface area contributed by atoms with E-state index in [0.717, 1.165) is 18.5 Å². The molecule has 1 aromatic carbocycles. The van der Waals surface area contributed by atoms with Gasteiger partial charge in [-0.1, -0.05) is 6.07 Å². The second-order valence-electron chi connectivity index (χ2n) is 7.75. The van der Waals surface area contributed by atoms with Crippen molar-refractivity contribution in [3.63, 3.8) is 0 Å². The van der Waals surface area contributed by atoms with E-state index >= 15 is 0 Å². The molecule has 2 bridgehead atoms. The van der Waals surface area contributed by atoms with Gasteiger partial charge in [-0.15, -0.1) is 0 Å². The van der Waals surface area contributed by atoms with E-state index in [4.69, 9.17) is 9.47 Å². The molecule has 0 amide bonds. The maximum Gasteiger partial charge on any atom is 0.197 e. The minimum Gasteiger partial charge on any atom is -0.504 e. The van der Waals surface area contributed by atoms with Crippen LogP contribution in [0.5, 0.6) is 11.5 Å². The van der Waals surface area contributed by atoms with Gasteiger partial charge in [-0.05, 0) is 31.2 Å². The van der Waals surface area contributed by atoms with E-state index in [2.05, 4.69) is 18.0 Å². The van der Waals surface area contributed by atoms with Crippen LogP contribution < -0.4 is 4.74 Å². The highest BCUT2D eigenvalue weighted by Crippen LogP contribution is 2.73. The lowest BCUT2D eigenvalue weighted by Crippen LogP contribution is -2.66. The molecule has 4 atom stereocenters. The smallest absolute Gasteiger partial charge is 0.197 e. The van der Waals surface area contributed by atoms with Crippen LogP contribution >= 0.6 is 0 Å². The maximum atomic E-state index is 12.6. The number of likely N-dealkylation sites (N-methyl/N-ethyl adjacent to an activating group) is 1. The molecule has 0 radical (unpaired) electrons. The Labute approximate surface area is 140 Å². The zero-order valence-corrected chi connectivity index (χ0v) is 14.1. The number of hydrogen-bond donors (Lipinski definition) is 1. The van der Waals surface area contributed by atoms with Gasteiger partial charge in [0.15, 0.2) is 23.0 Å². The second-order valence-corrected chi connectivity index (χ2v) is 7.75. The van der Waals surface area contributed by atoms with Gasteiger partial charge < -0.3 is 19.5 Å². The first-order chi connectivity index (χ1) is 11.5. The highest BCUT2D eigenvalue weighted by atomic mass is 16.5. The number of phenolic OH excluding ortho intramolecular Hbond substituents is 1. The van der Waals surface area contributed by atoms with Gasteiger partial charge in [-0.2, -0.15) is 0 Å². The van der Waals surface area contributed by atoms with Crippen molar-refractivity contribution in [3.8, 4) is 11.5 Å². The van der Waals surface area contributed by atoms with E-state index in [1.807, 2.05) is 12.1 Å². The molecule has 5 heteroatoms. The van der Waals surface area contributed by atoms with Crippen molar-refractivity contribution in [1.29, 1.82) is 0 Å². The molecule has 1 aliphatic heterocycles. The van der Waals surface area contributed by atoms with E-state index < -0.39 is 0 Å². The Balaban J connectivity index is 1.80. The van der Waals surface area contributed by atoms with Gasteiger partial charge in [0.05, 0.1) is 14.2 Å². The third kappa shape index (κ3) is 1.28. The van der Waals surface area contributed by atoms with Crippen LogP contribution in [0.2, 0.25) is 0 Å². The van der Waals surface area contributed by atoms with Crippen molar-refractivity contribution in [2.75, 3.05) is 27.8 Å². The normalized spacial score (nSPS) is 38.8. The van der Waals surface area contributed by atoms with Crippen molar-refractivity contribution < 1.29 is 19.4 Å². The number of fused-ring (bicyclic) bond motifs is 2. The molecule has 1 heterocycles. The van der Waals surface area contributed by atoms with Crippen LogP contribution in [0.25, 0.3) is 0 Å². The number of carbonyl (C=O) groups excluding carboxylic acids is 1. The molecule has 24 heavy (non-hydrogen) atoms. The molecule has 1 N–H and O–H groups in total. The number of likely N-dealkylation sites (tertiary alicyclic amines) is 1. The third-order valence-corrected chi connectivity index (χ3v) is 6.88. The predicted octanol–water partition coefficient (Wildman–Crippen LogP) is 1.73. The van der Waals surface area contributed by atoms with Gasteiger partial charge in [-0.3, -0.25) is 4.79 Å². The average molecular weight is 327 g/mol. The summed E-state index contributed by atoms with van der Waals surface area (Å²) in [5.74, 6) is 1.39. The molecule has 2 fully saturated rings. The highest BCUT2D eigenvalue weighted by molar-refractivity contribution is 5.96. The number of rotatable bonds is 2. The summed E-state index contributed by atoms with van der Waals surface area (Å²) in [5.41, 5.74) is 1.86.